The van der Waals surface area contributed by atoms with Crippen LogP contribution in [-0.2, 0) is 11.3 Å². The largest absolute Gasteiger partial charge is 0.481 e. The molecule has 0 atom stereocenters. The van der Waals surface area contributed by atoms with Gasteiger partial charge in [0, 0.05) is 13.1 Å². The highest BCUT2D eigenvalue weighted by molar-refractivity contribution is 9.11. The third kappa shape index (κ3) is 5.13. The van der Waals surface area contributed by atoms with Crippen LogP contribution in [0, 0.1) is 0 Å². The van der Waals surface area contributed by atoms with Crippen LogP contribution in [0.15, 0.2) is 15.2 Å². The fourth-order valence-electron chi connectivity index (χ4n) is 0.966. The molecule has 7 heteroatoms. The van der Waals surface area contributed by atoms with Gasteiger partial charge in [-0.25, -0.2) is 4.79 Å². The van der Waals surface area contributed by atoms with Gasteiger partial charge in [0.2, 0.25) is 0 Å². The van der Waals surface area contributed by atoms with Crippen molar-refractivity contribution >= 4 is 39.3 Å². The molecule has 0 spiro atoms. The van der Waals surface area contributed by atoms with Crippen molar-refractivity contribution in [2.75, 3.05) is 6.54 Å². The molecule has 2 amide bonds. The van der Waals surface area contributed by atoms with Crippen LogP contribution in [0.3, 0.4) is 0 Å². The molecular formula is C9H11BrN2O3S. The molecular weight excluding hydrogens is 296 g/mol. The summed E-state index contributed by atoms with van der Waals surface area (Å²) in [6, 6.07) is 1.56. The molecule has 0 saturated carbocycles. The Kier molecular flexibility index (Phi) is 5.27. The van der Waals surface area contributed by atoms with Crippen LogP contribution in [-0.4, -0.2) is 23.7 Å². The molecule has 0 fully saturated rings. The highest BCUT2D eigenvalue weighted by Crippen LogP contribution is 2.20. The Labute approximate surface area is 105 Å². The first-order valence-electron chi connectivity index (χ1n) is 4.54. The Balaban J connectivity index is 2.17. The molecule has 1 aromatic heterocycles. The standard InChI is InChI=1S/C9H11BrN2O3S/c10-7-3-6(5-16-7)4-12-9(15)11-2-1-8(13)14/h3,5H,1-2,4H2,(H,13,14)(H2,11,12,15). The van der Waals surface area contributed by atoms with Crippen LogP contribution in [0.1, 0.15) is 12.0 Å². The third-order valence-electron chi connectivity index (χ3n) is 1.70. The van der Waals surface area contributed by atoms with Crippen molar-refractivity contribution in [2.24, 2.45) is 0 Å². The Morgan fingerprint density at radius 1 is 1.44 bits per heavy atom. The number of rotatable bonds is 5. The Hall–Kier alpha value is -1.08. The van der Waals surface area contributed by atoms with E-state index in [1.807, 2.05) is 11.4 Å². The fraction of sp³-hybridized carbons (Fsp3) is 0.333. The van der Waals surface area contributed by atoms with Gasteiger partial charge in [0.25, 0.3) is 0 Å². The third-order valence-corrected chi connectivity index (χ3v) is 3.25. The molecule has 88 valence electrons. The summed E-state index contributed by atoms with van der Waals surface area (Å²) in [4.78, 5) is 21.4. The van der Waals surface area contributed by atoms with Crippen molar-refractivity contribution in [3.05, 3.63) is 20.8 Å². The van der Waals surface area contributed by atoms with Crippen LogP contribution in [0.5, 0.6) is 0 Å². The van der Waals surface area contributed by atoms with Gasteiger partial charge in [0.15, 0.2) is 0 Å². The number of carboxylic acid groups (broad SMARTS) is 1. The highest BCUT2D eigenvalue weighted by atomic mass is 79.9. The van der Waals surface area contributed by atoms with Crippen LogP contribution in [0.4, 0.5) is 4.79 Å². The number of halogens is 1. The number of nitrogens with one attached hydrogen (secondary N) is 2. The summed E-state index contributed by atoms with van der Waals surface area (Å²) in [7, 11) is 0. The minimum Gasteiger partial charge on any atom is -0.481 e. The van der Waals surface area contributed by atoms with Crippen molar-refractivity contribution in [2.45, 2.75) is 13.0 Å². The molecule has 0 aliphatic rings. The molecule has 3 N–H and O–H groups in total. The quantitative estimate of drug-likeness (QED) is 0.776. The predicted octanol–water partition coefficient (Wildman–Crippen LogP) is 1.78. The predicted molar refractivity (Wildman–Crippen MR) is 64.5 cm³/mol. The van der Waals surface area contributed by atoms with E-state index < -0.39 is 5.97 Å². The number of hydrogen-bond donors (Lipinski definition) is 3. The zero-order chi connectivity index (χ0) is 12.0. The fourth-order valence-corrected chi connectivity index (χ4v) is 2.18. The lowest BCUT2D eigenvalue weighted by Crippen LogP contribution is -2.36. The lowest BCUT2D eigenvalue weighted by molar-refractivity contribution is -0.136. The van der Waals surface area contributed by atoms with Gasteiger partial charge in [-0.3, -0.25) is 4.79 Å². The molecule has 5 nitrogen and oxygen atoms in total. The maximum absolute atomic E-state index is 11.2. The van der Waals surface area contributed by atoms with E-state index in [1.165, 1.54) is 0 Å². The zero-order valence-corrected chi connectivity index (χ0v) is 10.7. The van der Waals surface area contributed by atoms with Crippen LogP contribution >= 0.6 is 27.3 Å². The SMILES string of the molecule is O=C(O)CCNC(=O)NCc1csc(Br)c1. The van der Waals surface area contributed by atoms with Crippen molar-refractivity contribution < 1.29 is 14.7 Å². The molecule has 0 aliphatic carbocycles. The van der Waals surface area contributed by atoms with Gasteiger partial charge < -0.3 is 15.7 Å². The summed E-state index contributed by atoms with van der Waals surface area (Å²) in [5.74, 6) is -0.929. The minimum absolute atomic E-state index is 0.0720. The first kappa shape index (κ1) is 13.0. The maximum atomic E-state index is 11.2. The number of carboxylic acids is 1. The van der Waals surface area contributed by atoms with Gasteiger partial charge in [-0.1, -0.05) is 0 Å². The van der Waals surface area contributed by atoms with Crippen molar-refractivity contribution in [3.63, 3.8) is 0 Å². The number of thiophene rings is 1. The average Bonchev–Trinajstić information content (AvgIpc) is 2.61. The summed E-state index contributed by atoms with van der Waals surface area (Å²) in [5, 5.41) is 15.4. The number of carbonyl (C=O) groups is 2. The van der Waals surface area contributed by atoms with Gasteiger partial charge in [-0.15, -0.1) is 11.3 Å². The Morgan fingerprint density at radius 2 is 2.19 bits per heavy atom. The molecule has 0 aliphatic heterocycles. The topological polar surface area (TPSA) is 78.4 Å². The second kappa shape index (κ2) is 6.49. The second-order valence-corrected chi connectivity index (χ2v) is 5.30. The smallest absolute Gasteiger partial charge is 0.315 e. The lowest BCUT2D eigenvalue weighted by Gasteiger charge is -2.04. The van der Waals surface area contributed by atoms with Crippen molar-refractivity contribution in [3.8, 4) is 0 Å². The van der Waals surface area contributed by atoms with Gasteiger partial charge in [0.1, 0.15) is 0 Å². The van der Waals surface area contributed by atoms with Crippen molar-refractivity contribution in [1.29, 1.82) is 0 Å². The highest BCUT2D eigenvalue weighted by Gasteiger charge is 2.02. The van der Waals surface area contributed by atoms with Crippen LogP contribution in [0.25, 0.3) is 0 Å². The summed E-state index contributed by atoms with van der Waals surface area (Å²) in [6.45, 7) is 0.565. The number of hydrogen-bond acceptors (Lipinski definition) is 3. The Morgan fingerprint density at radius 3 is 2.75 bits per heavy atom. The molecule has 0 saturated heterocycles. The van der Waals surface area contributed by atoms with E-state index >= 15 is 0 Å². The minimum atomic E-state index is -0.929. The Bertz CT molecular complexity index is 381. The van der Waals surface area contributed by atoms with E-state index in [2.05, 4.69) is 26.6 Å². The number of carbonyl (C=O) groups excluding carboxylic acids is 1. The first-order chi connectivity index (χ1) is 7.58. The summed E-state index contributed by atoms with van der Waals surface area (Å²) in [5.41, 5.74) is 1.00. The van der Waals surface area contributed by atoms with Gasteiger partial charge in [-0.2, -0.15) is 0 Å². The van der Waals surface area contributed by atoms with Crippen molar-refractivity contribution in [1.82, 2.24) is 10.6 Å². The van der Waals surface area contributed by atoms with E-state index in [0.29, 0.717) is 6.54 Å². The molecule has 16 heavy (non-hydrogen) atoms. The molecule has 0 bridgehead atoms. The lowest BCUT2D eigenvalue weighted by atomic mass is 10.3. The van der Waals surface area contributed by atoms with Crippen LogP contribution in [0.2, 0.25) is 0 Å². The van der Waals surface area contributed by atoms with E-state index in [9.17, 15) is 9.59 Å². The van der Waals surface area contributed by atoms with E-state index in [-0.39, 0.29) is 19.0 Å². The number of amides is 2. The van der Waals surface area contributed by atoms with E-state index in [4.69, 9.17) is 5.11 Å². The van der Waals surface area contributed by atoms with Gasteiger partial charge in [0.05, 0.1) is 10.2 Å². The summed E-state index contributed by atoms with van der Waals surface area (Å²) >= 11 is 4.87. The van der Waals surface area contributed by atoms with Gasteiger partial charge >= 0.3 is 12.0 Å². The first-order valence-corrected chi connectivity index (χ1v) is 6.21. The summed E-state index contributed by atoms with van der Waals surface area (Å²) < 4.78 is 1.01. The molecule has 0 unspecified atom stereocenters. The number of urea groups is 1. The molecule has 0 aromatic carbocycles. The number of aliphatic carboxylic acids is 1. The molecule has 0 radical (unpaired) electrons. The monoisotopic (exact) mass is 306 g/mol. The normalized spacial score (nSPS) is 9.81. The van der Waals surface area contributed by atoms with Gasteiger partial charge in [-0.05, 0) is 32.9 Å². The summed E-state index contributed by atoms with van der Waals surface area (Å²) in [6.07, 6.45) is -0.0720. The van der Waals surface area contributed by atoms with E-state index in [0.717, 1.165) is 9.35 Å². The molecule has 1 aromatic rings. The van der Waals surface area contributed by atoms with E-state index in [1.54, 1.807) is 11.3 Å². The molecule has 1 rings (SSSR count). The van der Waals surface area contributed by atoms with Crippen LogP contribution < -0.4 is 10.6 Å². The average molecular weight is 307 g/mol. The molecule has 1 heterocycles. The second-order valence-electron chi connectivity index (χ2n) is 3.01. The maximum Gasteiger partial charge on any atom is 0.315 e. The zero-order valence-electron chi connectivity index (χ0n) is 8.33.